The molecule has 0 unspecified atom stereocenters. The van der Waals surface area contributed by atoms with Gasteiger partial charge in [-0.15, -0.1) is 0 Å². The van der Waals surface area contributed by atoms with Gasteiger partial charge in [-0.1, -0.05) is 48.0 Å². The van der Waals surface area contributed by atoms with Crippen molar-refractivity contribution in [2.24, 2.45) is 0 Å². The lowest BCUT2D eigenvalue weighted by molar-refractivity contribution is 0.303. The van der Waals surface area contributed by atoms with Crippen LogP contribution in [0.2, 0.25) is 5.02 Å². The molecule has 0 spiro atoms. The van der Waals surface area contributed by atoms with Gasteiger partial charge in [0, 0.05) is 10.6 Å². The van der Waals surface area contributed by atoms with Gasteiger partial charge in [-0.2, -0.15) is 5.26 Å². The first-order valence-corrected chi connectivity index (χ1v) is 9.56. The van der Waals surface area contributed by atoms with Crippen molar-refractivity contribution in [3.8, 4) is 11.8 Å². The Hall–Kier alpha value is -2.36. The molecule has 3 rings (SSSR count). The van der Waals surface area contributed by atoms with Gasteiger partial charge in [0.15, 0.2) is 0 Å². The molecule has 5 heteroatoms. The van der Waals surface area contributed by atoms with E-state index in [9.17, 15) is 9.65 Å². The van der Waals surface area contributed by atoms with E-state index in [2.05, 4.69) is 28.7 Å². The molecule has 0 fully saturated rings. The third kappa shape index (κ3) is 5.09. The maximum absolute atomic E-state index is 13.2. The number of ether oxygens (including phenoxy) is 1. The highest BCUT2D eigenvalue weighted by atomic mass is 127. The molecule has 2 nitrogen and oxygen atoms in total. The van der Waals surface area contributed by atoms with E-state index in [4.69, 9.17) is 16.3 Å². The Morgan fingerprint density at radius 3 is 2.63 bits per heavy atom. The fraction of sp³-hybridized carbons (Fsp3) is 0.0455. The van der Waals surface area contributed by atoms with Crippen molar-refractivity contribution in [3.63, 3.8) is 0 Å². The van der Waals surface area contributed by atoms with Crippen molar-refractivity contribution in [1.82, 2.24) is 0 Å². The monoisotopic (exact) mass is 489 g/mol. The summed E-state index contributed by atoms with van der Waals surface area (Å²) in [7, 11) is 0. The van der Waals surface area contributed by atoms with Gasteiger partial charge in [-0.25, -0.2) is 4.39 Å². The van der Waals surface area contributed by atoms with Crippen LogP contribution in [0.15, 0.2) is 66.7 Å². The normalized spacial score (nSPS) is 11.1. The minimum atomic E-state index is -0.283. The van der Waals surface area contributed by atoms with E-state index >= 15 is 0 Å². The fourth-order valence-electron chi connectivity index (χ4n) is 2.53. The molecule has 134 valence electrons. The van der Waals surface area contributed by atoms with Crippen LogP contribution >= 0.6 is 34.2 Å². The molecule has 0 heterocycles. The molecular weight excluding hydrogens is 476 g/mol. The summed E-state index contributed by atoms with van der Waals surface area (Å²) >= 11 is 8.37. The minimum Gasteiger partial charge on any atom is -0.488 e. The second-order valence-electron chi connectivity index (χ2n) is 5.76. The summed E-state index contributed by atoms with van der Waals surface area (Å²) in [5, 5.41) is 10.0. The van der Waals surface area contributed by atoms with Crippen LogP contribution in [0.4, 0.5) is 4.39 Å². The number of hydrogen-bond acceptors (Lipinski definition) is 2. The lowest BCUT2D eigenvalue weighted by Gasteiger charge is -2.09. The summed E-state index contributed by atoms with van der Waals surface area (Å²) < 4.78 is 19.9. The number of nitrogens with zero attached hydrogens (tertiary/aromatic N) is 1. The van der Waals surface area contributed by atoms with Crippen LogP contribution in [-0.4, -0.2) is 0 Å². The highest BCUT2D eigenvalue weighted by molar-refractivity contribution is 14.1. The van der Waals surface area contributed by atoms with Gasteiger partial charge in [-0.05, 0) is 70.1 Å². The van der Waals surface area contributed by atoms with Crippen LogP contribution in [0, 0.1) is 20.7 Å². The molecule has 0 saturated heterocycles. The SMILES string of the molecule is N#CC(=Cc1ccc(OCc2cccc(F)c2)c(I)c1)c1ccccc1Cl. The van der Waals surface area contributed by atoms with E-state index in [-0.39, 0.29) is 12.4 Å². The lowest BCUT2D eigenvalue weighted by Crippen LogP contribution is -1.97. The molecule has 0 aliphatic rings. The summed E-state index contributed by atoms with van der Waals surface area (Å²) in [4.78, 5) is 0. The molecular formula is C22H14ClFINO. The Morgan fingerprint density at radius 2 is 1.93 bits per heavy atom. The van der Waals surface area contributed by atoms with E-state index in [0.717, 1.165) is 14.7 Å². The smallest absolute Gasteiger partial charge is 0.133 e. The molecule has 0 bridgehead atoms. The molecule has 0 N–H and O–H groups in total. The van der Waals surface area contributed by atoms with E-state index in [1.54, 1.807) is 18.2 Å². The average Bonchev–Trinajstić information content (AvgIpc) is 2.66. The van der Waals surface area contributed by atoms with Gasteiger partial charge in [0.2, 0.25) is 0 Å². The number of halogens is 3. The van der Waals surface area contributed by atoms with Gasteiger partial charge in [0.1, 0.15) is 18.2 Å². The Morgan fingerprint density at radius 1 is 1.11 bits per heavy atom. The molecule has 3 aromatic carbocycles. The Labute approximate surface area is 176 Å². The zero-order valence-corrected chi connectivity index (χ0v) is 17.0. The summed E-state index contributed by atoms with van der Waals surface area (Å²) in [5.41, 5.74) is 2.82. The fourth-order valence-corrected chi connectivity index (χ4v) is 3.46. The molecule has 27 heavy (non-hydrogen) atoms. The zero-order valence-electron chi connectivity index (χ0n) is 14.1. The van der Waals surface area contributed by atoms with Crippen LogP contribution in [0.3, 0.4) is 0 Å². The van der Waals surface area contributed by atoms with Crippen molar-refractivity contribution in [2.75, 3.05) is 0 Å². The van der Waals surface area contributed by atoms with E-state index < -0.39 is 0 Å². The Kier molecular flexibility index (Phi) is 6.49. The summed E-state index contributed by atoms with van der Waals surface area (Å²) in [6.07, 6.45) is 1.79. The van der Waals surface area contributed by atoms with Gasteiger partial charge >= 0.3 is 0 Å². The number of rotatable bonds is 5. The predicted octanol–water partition coefficient (Wildman–Crippen LogP) is 6.73. The minimum absolute atomic E-state index is 0.283. The predicted molar refractivity (Wildman–Crippen MR) is 115 cm³/mol. The first kappa shape index (κ1) is 19.4. The Balaban J connectivity index is 1.80. The number of nitriles is 1. The van der Waals surface area contributed by atoms with Crippen molar-refractivity contribution in [2.45, 2.75) is 6.61 Å². The second kappa shape index (κ2) is 9.03. The first-order chi connectivity index (χ1) is 13.1. The highest BCUT2D eigenvalue weighted by Gasteiger charge is 2.07. The largest absolute Gasteiger partial charge is 0.488 e. The van der Waals surface area contributed by atoms with E-state index in [0.29, 0.717) is 21.9 Å². The van der Waals surface area contributed by atoms with Crippen LogP contribution in [-0.2, 0) is 6.61 Å². The molecule has 0 aromatic heterocycles. The second-order valence-corrected chi connectivity index (χ2v) is 7.33. The van der Waals surface area contributed by atoms with Crippen LogP contribution in [0.5, 0.6) is 5.75 Å². The van der Waals surface area contributed by atoms with Gasteiger partial charge in [-0.3, -0.25) is 0 Å². The van der Waals surface area contributed by atoms with Crippen molar-refractivity contribution < 1.29 is 9.13 Å². The van der Waals surface area contributed by atoms with Crippen molar-refractivity contribution in [3.05, 3.63) is 97.8 Å². The molecule has 0 radical (unpaired) electrons. The average molecular weight is 490 g/mol. The molecule has 0 aliphatic carbocycles. The number of hydrogen-bond donors (Lipinski definition) is 0. The third-order valence-corrected chi connectivity index (χ3v) is 5.01. The quantitative estimate of drug-likeness (QED) is 0.226. The molecule has 0 saturated carbocycles. The topological polar surface area (TPSA) is 33.0 Å². The number of allylic oxidation sites excluding steroid dienone is 1. The van der Waals surface area contributed by atoms with Gasteiger partial charge in [0.05, 0.1) is 15.2 Å². The van der Waals surface area contributed by atoms with Gasteiger partial charge < -0.3 is 4.74 Å². The number of benzene rings is 3. The highest BCUT2D eigenvalue weighted by Crippen LogP contribution is 2.28. The zero-order chi connectivity index (χ0) is 19.2. The molecule has 0 amide bonds. The van der Waals surface area contributed by atoms with Crippen molar-refractivity contribution in [1.29, 1.82) is 5.26 Å². The van der Waals surface area contributed by atoms with Gasteiger partial charge in [0.25, 0.3) is 0 Å². The van der Waals surface area contributed by atoms with E-state index in [1.165, 1.54) is 12.1 Å². The van der Waals surface area contributed by atoms with Crippen LogP contribution in [0.1, 0.15) is 16.7 Å². The first-order valence-electron chi connectivity index (χ1n) is 8.10. The maximum Gasteiger partial charge on any atom is 0.133 e. The summed E-state index contributed by atoms with van der Waals surface area (Å²) in [6.45, 7) is 0.284. The summed E-state index contributed by atoms with van der Waals surface area (Å²) in [5.74, 6) is 0.420. The lowest BCUT2D eigenvalue weighted by atomic mass is 10.0. The van der Waals surface area contributed by atoms with Crippen molar-refractivity contribution >= 4 is 45.8 Å². The van der Waals surface area contributed by atoms with Crippen LogP contribution < -0.4 is 4.74 Å². The molecule has 0 aliphatic heterocycles. The summed E-state index contributed by atoms with van der Waals surface area (Å²) in [6, 6.07) is 21.4. The molecule has 3 aromatic rings. The maximum atomic E-state index is 13.2. The molecule has 0 atom stereocenters. The standard InChI is InChI=1S/C22H14ClFINO/c23-20-7-2-1-6-19(20)17(13-26)10-15-8-9-22(21(25)12-15)27-14-16-4-3-5-18(24)11-16/h1-12H,14H2. The Bertz CT molecular complexity index is 1040. The van der Waals surface area contributed by atoms with Crippen LogP contribution in [0.25, 0.3) is 11.6 Å². The van der Waals surface area contributed by atoms with E-state index in [1.807, 2.05) is 42.5 Å². The third-order valence-electron chi connectivity index (χ3n) is 3.83.